The van der Waals surface area contributed by atoms with E-state index in [1.54, 1.807) is 12.3 Å². The predicted octanol–water partition coefficient (Wildman–Crippen LogP) is 3.36. The van der Waals surface area contributed by atoms with Crippen LogP contribution in [0.3, 0.4) is 0 Å². The number of benzene rings is 1. The topological polar surface area (TPSA) is 89.9 Å². The zero-order valence-electron chi connectivity index (χ0n) is 18.6. The largest absolute Gasteiger partial charge is 0.469 e. The number of aliphatic imine (C=N–C) groups is 1. The summed E-state index contributed by atoms with van der Waals surface area (Å²) in [5.41, 5.74) is 1.27. The fourth-order valence-corrected chi connectivity index (χ4v) is 10.1. The molecule has 2 aromatic rings. The predicted molar refractivity (Wildman–Crippen MR) is 123 cm³/mol. The lowest BCUT2D eigenvalue weighted by Gasteiger charge is -3.10. The first-order valence-electron chi connectivity index (χ1n) is 11.5. The maximum absolute atomic E-state index is 13.9. The summed E-state index contributed by atoms with van der Waals surface area (Å²) in [6.07, 6.45) is 1.70. The number of nitrogens with zero attached hydrogens (tertiary/aromatic N) is 2. The number of rotatable bonds is 5. The number of aromatic nitrogens is 1. The molecule has 35 heavy (non-hydrogen) atoms. The summed E-state index contributed by atoms with van der Waals surface area (Å²) in [6.45, 7) is 0. The molecule has 178 valence electrons. The number of hydrogen-bond acceptors (Lipinski definition) is 8. The Morgan fingerprint density at radius 2 is 1.83 bits per heavy atom. The average molecular weight is 512 g/mol. The van der Waals surface area contributed by atoms with E-state index in [4.69, 9.17) is 26.1 Å². The second-order valence-corrected chi connectivity index (χ2v) is 11.6. The summed E-state index contributed by atoms with van der Waals surface area (Å²) in [5.74, 6) is 1.50. The fourth-order valence-electron chi connectivity index (χ4n) is 9.22. The van der Waals surface area contributed by atoms with Gasteiger partial charge in [0, 0.05) is 33.3 Å². The van der Waals surface area contributed by atoms with Crippen molar-refractivity contribution in [2.75, 3.05) is 14.2 Å². The third-order valence-electron chi connectivity index (χ3n) is 9.94. The molecule has 1 aliphatic heterocycles. The maximum atomic E-state index is 13.9. The molecule has 1 aromatic carbocycles. The van der Waals surface area contributed by atoms with Gasteiger partial charge in [0.15, 0.2) is 10.8 Å². The number of hydrogen-bond donors (Lipinski definition) is 1. The van der Waals surface area contributed by atoms with E-state index in [-0.39, 0.29) is 21.8 Å². The smallest absolute Gasteiger partial charge is 0.338 e. The number of carbonyl (C=O) groups excluding carboxylic acids is 2. The van der Waals surface area contributed by atoms with Crippen LogP contribution in [0.5, 0.6) is 0 Å². The van der Waals surface area contributed by atoms with Crippen molar-refractivity contribution in [2.45, 2.75) is 6.04 Å². The van der Waals surface area contributed by atoms with Gasteiger partial charge < -0.3 is 14.8 Å². The van der Waals surface area contributed by atoms with E-state index >= 15 is 0 Å². The van der Waals surface area contributed by atoms with Gasteiger partial charge >= 0.3 is 11.9 Å². The zero-order chi connectivity index (χ0) is 24.0. The maximum Gasteiger partial charge on any atom is 0.338 e. The lowest BCUT2D eigenvalue weighted by Crippen LogP contribution is -3.11. The molecule has 1 N–H and O–H groups in total. The van der Waals surface area contributed by atoms with E-state index in [0.717, 1.165) is 5.70 Å². The van der Waals surface area contributed by atoms with Gasteiger partial charge in [-0.1, -0.05) is 17.7 Å². The molecule has 7 aliphatic rings. The van der Waals surface area contributed by atoms with Crippen molar-refractivity contribution in [1.29, 1.82) is 0 Å². The van der Waals surface area contributed by atoms with Crippen molar-refractivity contribution in [3.8, 4) is 0 Å². The Hall–Kier alpha value is -2.78. The van der Waals surface area contributed by atoms with Crippen molar-refractivity contribution < 1.29 is 23.5 Å². The lowest BCUT2D eigenvalue weighted by molar-refractivity contribution is -0.633. The highest BCUT2D eigenvalue weighted by molar-refractivity contribution is 7.11. The van der Waals surface area contributed by atoms with Gasteiger partial charge in [0.25, 0.3) is 0 Å². The highest BCUT2D eigenvalue weighted by atomic mass is 35.5. The second kappa shape index (κ2) is 6.13. The molecule has 6 aliphatic carbocycles. The molecular weight excluding hydrogens is 493 g/mol. The van der Waals surface area contributed by atoms with Crippen molar-refractivity contribution in [3.63, 3.8) is 0 Å². The Morgan fingerprint density at radius 3 is 2.40 bits per heavy atom. The SMILES string of the molecule is COC(=O)C1=C(C23C4C5C2C2C3C4C52C(=O)OC)NC(c2nccs2)=N[C@@H]1c1ccc(F)cc1Cl. The standard InChI is InChI=1S/C25H19ClFN3O4S/c1-33-22(31)11-18(9-4-3-8(27)7-10(9)26)29-20(21-28-5-6-35-21)30-19(11)24-12-15-13(24)17-14(24)16(12)25(15,17)23(32)34-2/h3-7,12-18H,1-2H3,(H,29,30)/t12?,13?,14?,15?,16?,17?,18-,24?,25?/m1/s1. The Labute approximate surface area is 208 Å². The number of ether oxygens (including phenoxy) is 2. The molecule has 0 spiro atoms. The first-order chi connectivity index (χ1) is 16.9. The minimum atomic E-state index is -0.763. The Kier molecular flexibility index (Phi) is 3.57. The highest BCUT2D eigenvalue weighted by Gasteiger charge is 3.12. The molecule has 1 aromatic heterocycles. The van der Waals surface area contributed by atoms with E-state index < -0.39 is 17.8 Å². The summed E-state index contributed by atoms with van der Waals surface area (Å²) in [4.78, 5) is 35.2. The van der Waals surface area contributed by atoms with E-state index in [1.165, 1.54) is 37.7 Å². The normalized spacial score (nSPS) is 42.2. The zero-order valence-corrected chi connectivity index (χ0v) is 20.2. The molecule has 6 fully saturated rings. The number of nitrogens with one attached hydrogen (secondary N) is 1. The summed E-state index contributed by atoms with van der Waals surface area (Å²) < 4.78 is 24.3. The van der Waals surface area contributed by atoms with Crippen molar-refractivity contribution >= 4 is 40.7 Å². The van der Waals surface area contributed by atoms with E-state index in [0.29, 0.717) is 57.5 Å². The molecule has 0 saturated heterocycles. The molecule has 9 rings (SSSR count). The monoisotopic (exact) mass is 511 g/mol. The number of thiazole rings is 1. The molecule has 0 unspecified atom stereocenters. The van der Waals surface area contributed by atoms with Crippen molar-refractivity contribution in [1.82, 2.24) is 10.3 Å². The van der Waals surface area contributed by atoms with Crippen LogP contribution < -0.4 is 5.32 Å². The second-order valence-electron chi connectivity index (χ2n) is 10.3. The van der Waals surface area contributed by atoms with E-state index in [2.05, 4.69) is 10.3 Å². The molecule has 10 heteroatoms. The van der Waals surface area contributed by atoms with Gasteiger partial charge in [-0.25, -0.2) is 14.2 Å². The van der Waals surface area contributed by atoms with Gasteiger partial charge in [-0.3, -0.25) is 9.79 Å². The minimum absolute atomic E-state index is 0.0747. The van der Waals surface area contributed by atoms with Crippen LogP contribution in [-0.2, 0) is 19.1 Å². The molecule has 1 atom stereocenters. The molecule has 7 nitrogen and oxygen atoms in total. The average Bonchev–Trinajstić information content (AvgIpc) is 3.42. The first-order valence-corrected chi connectivity index (χ1v) is 12.8. The Balaban J connectivity index is 1.28. The fraction of sp³-hybridized carbons (Fsp3) is 0.440. The highest BCUT2D eigenvalue weighted by Crippen LogP contribution is 3.11. The van der Waals surface area contributed by atoms with Crippen LogP contribution in [0.2, 0.25) is 5.02 Å². The summed E-state index contributed by atoms with van der Waals surface area (Å²) in [7, 11) is 2.82. The van der Waals surface area contributed by atoms with Gasteiger partial charge in [0.2, 0.25) is 0 Å². The minimum Gasteiger partial charge on any atom is -0.469 e. The lowest BCUT2D eigenvalue weighted by atomic mass is 8.92. The third kappa shape index (κ3) is 1.81. The van der Waals surface area contributed by atoms with Gasteiger partial charge in [0.05, 0.1) is 25.2 Å². The Morgan fingerprint density at radius 1 is 1.11 bits per heavy atom. The van der Waals surface area contributed by atoms with Crippen LogP contribution in [0.1, 0.15) is 16.6 Å². The van der Waals surface area contributed by atoms with Crippen LogP contribution in [-0.4, -0.2) is 37.0 Å². The van der Waals surface area contributed by atoms with Crippen LogP contribution >= 0.6 is 22.9 Å². The van der Waals surface area contributed by atoms with Gasteiger partial charge in [-0.2, -0.15) is 0 Å². The van der Waals surface area contributed by atoms with Gasteiger partial charge in [-0.15, -0.1) is 11.3 Å². The quantitative estimate of drug-likeness (QED) is 0.619. The number of halogens is 2. The van der Waals surface area contributed by atoms with Crippen LogP contribution in [0.4, 0.5) is 4.39 Å². The summed E-state index contributed by atoms with van der Waals surface area (Å²) in [6, 6.07) is 3.36. The number of carbonyl (C=O) groups is 2. The van der Waals surface area contributed by atoms with E-state index in [9.17, 15) is 14.0 Å². The van der Waals surface area contributed by atoms with Gasteiger partial charge in [-0.05, 0) is 47.6 Å². The van der Waals surface area contributed by atoms with Crippen molar-refractivity contribution in [3.05, 3.63) is 62.5 Å². The number of methoxy groups -OCH3 is 2. The molecule has 2 heterocycles. The molecule has 6 saturated carbocycles. The van der Waals surface area contributed by atoms with Crippen LogP contribution in [0.25, 0.3) is 0 Å². The van der Waals surface area contributed by atoms with E-state index in [1.807, 2.05) is 5.38 Å². The molecule has 0 amide bonds. The molecule has 0 bridgehead atoms. The first kappa shape index (κ1) is 20.4. The van der Waals surface area contributed by atoms with Crippen molar-refractivity contribution in [2.24, 2.45) is 51.3 Å². The molecule has 0 radical (unpaired) electrons. The number of amidine groups is 1. The summed E-state index contributed by atoms with van der Waals surface area (Å²) in [5, 5.41) is 6.24. The third-order valence-corrected chi connectivity index (χ3v) is 11.1. The molecular formula is C25H19ClFN3O4S. The van der Waals surface area contributed by atoms with Crippen LogP contribution in [0, 0.1) is 52.2 Å². The van der Waals surface area contributed by atoms with Gasteiger partial charge in [0.1, 0.15) is 11.9 Å². The summed E-state index contributed by atoms with van der Waals surface area (Å²) >= 11 is 7.91. The Bertz CT molecular complexity index is 1380. The number of esters is 2. The number of allylic oxidation sites excluding steroid dienone is 1. The van der Waals surface area contributed by atoms with Crippen LogP contribution in [0.15, 0.2) is 46.0 Å².